The minimum atomic E-state index is -0.185. The number of amides is 2. The van der Waals surface area contributed by atoms with Gasteiger partial charge in [0.05, 0.1) is 18.3 Å². The number of hydrogen-bond acceptors (Lipinski definition) is 4. The van der Waals surface area contributed by atoms with Gasteiger partial charge in [-0.05, 0) is 31.0 Å². The van der Waals surface area contributed by atoms with Crippen molar-refractivity contribution in [3.05, 3.63) is 42.7 Å². The lowest BCUT2D eigenvalue weighted by Gasteiger charge is -2.32. The van der Waals surface area contributed by atoms with E-state index >= 15 is 0 Å². The van der Waals surface area contributed by atoms with E-state index in [4.69, 9.17) is 4.74 Å². The number of hydrogen-bond donors (Lipinski definition) is 0. The van der Waals surface area contributed by atoms with E-state index in [0.29, 0.717) is 18.0 Å². The molecule has 0 N–H and O–H groups in total. The Hall–Kier alpha value is -2.83. The maximum absolute atomic E-state index is 12.9. The molecule has 130 valence electrons. The van der Waals surface area contributed by atoms with Gasteiger partial charge in [0.25, 0.3) is 5.91 Å². The third-order valence-corrected chi connectivity index (χ3v) is 4.76. The molecule has 7 nitrogen and oxygen atoms in total. The number of carbonyl (C=O) groups excluding carboxylic acids is 2. The molecule has 1 fully saturated rings. The molecule has 0 saturated carbocycles. The molecule has 0 radical (unpaired) electrons. The van der Waals surface area contributed by atoms with Gasteiger partial charge in [-0.2, -0.15) is 5.10 Å². The number of benzene rings is 1. The average molecular weight is 340 g/mol. The van der Waals surface area contributed by atoms with Crippen molar-refractivity contribution >= 4 is 17.5 Å². The molecule has 0 bridgehead atoms. The molecular weight excluding hydrogens is 320 g/mol. The fourth-order valence-corrected chi connectivity index (χ4v) is 3.53. The minimum Gasteiger partial charge on any atom is -0.482 e. The van der Waals surface area contributed by atoms with E-state index < -0.39 is 0 Å². The summed E-state index contributed by atoms with van der Waals surface area (Å²) < 4.78 is 7.29. The average Bonchev–Trinajstić information content (AvgIpc) is 3.30. The number of para-hydroxylation sites is 2. The number of rotatable bonds is 4. The molecule has 1 saturated heterocycles. The molecule has 2 aliphatic heterocycles. The number of anilines is 1. The summed E-state index contributed by atoms with van der Waals surface area (Å²) >= 11 is 0. The van der Waals surface area contributed by atoms with Crippen LogP contribution in [0.25, 0.3) is 0 Å². The molecule has 1 atom stereocenters. The van der Waals surface area contributed by atoms with Crippen LogP contribution in [-0.4, -0.2) is 52.2 Å². The van der Waals surface area contributed by atoms with Gasteiger partial charge in [0.15, 0.2) is 6.61 Å². The summed E-state index contributed by atoms with van der Waals surface area (Å²) in [4.78, 5) is 28.5. The second kappa shape index (κ2) is 6.58. The van der Waals surface area contributed by atoms with Crippen LogP contribution in [0.1, 0.15) is 12.8 Å². The Labute approximate surface area is 145 Å². The third kappa shape index (κ3) is 3.09. The fraction of sp³-hybridized carbons (Fsp3) is 0.389. The standard InChI is InChI=1S/C18H20N4O3/c23-17(21-10-3-5-14(21)11-20-9-4-8-19-20)12-22-15-6-1-2-7-16(15)25-13-18(22)24/h1-2,4,6-9,14H,3,5,10-13H2/t14-/m1/s1. The first-order valence-corrected chi connectivity index (χ1v) is 8.51. The van der Waals surface area contributed by atoms with Crippen LogP contribution < -0.4 is 9.64 Å². The lowest BCUT2D eigenvalue weighted by molar-refractivity contribution is -0.132. The quantitative estimate of drug-likeness (QED) is 0.841. The zero-order chi connectivity index (χ0) is 17.2. The van der Waals surface area contributed by atoms with Crippen LogP contribution >= 0.6 is 0 Å². The highest BCUT2D eigenvalue weighted by molar-refractivity contribution is 6.02. The zero-order valence-corrected chi connectivity index (χ0v) is 13.9. The van der Waals surface area contributed by atoms with Gasteiger partial charge < -0.3 is 9.64 Å². The van der Waals surface area contributed by atoms with Crippen LogP contribution in [0.2, 0.25) is 0 Å². The van der Waals surface area contributed by atoms with Crippen molar-refractivity contribution in [2.45, 2.75) is 25.4 Å². The predicted molar refractivity (Wildman–Crippen MR) is 91.3 cm³/mol. The van der Waals surface area contributed by atoms with Crippen molar-refractivity contribution in [1.29, 1.82) is 0 Å². The van der Waals surface area contributed by atoms with Crippen molar-refractivity contribution in [2.75, 3.05) is 24.6 Å². The topological polar surface area (TPSA) is 67.7 Å². The summed E-state index contributed by atoms with van der Waals surface area (Å²) in [5.74, 6) is 0.430. The molecule has 1 aromatic carbocycles. The van der Waals surface area contributed by atoms with E-state index in [0.717, 1.165) is 19.4 Å². The third-order valence-electron chi connectivity index (χ3n) is 4.76. The number of ether oxygens (including phenoxy) is 1. The molecule has 1 aromatic heterocycles. The van der Waals surface area contributed by atoms with Gasteiger partial charge in [0.2, 0.25) is 5.91 Å². The lowest BCUT2D eigenvalue weighted by Crippen LogP contribution is -2.48. The van der Waals surface area contributed by atoms with Gasteiger partial charge in [-0.1, -0.05) is 12.1 Å². The first-order valence-electron chi connectivity index (χ1n) is 8.51. The first kappa shape index (κ1) is 15.7. The van der Waals surface area contributed by atoms with Gasteiger partial charge in [-0.15, -0.1) is 0 Å². The van der Waals surface area contributed by atoms with Crippen LogP contribution in [0.15, 0.2) is 42.7 Å². The van der Waals surface area contributed by atoms with Gasteiger partial charge in [-0.25, -0.2) is 0 Å². The molecule has 7 heteroatoms. The number of aromatic nitrogens is 2. The highest BCUT2D eigenvalue weighted by Gasteiger charge is 2.33. The molecule has 2 aromatic rings. The fourth-order valence-electron chi connectivity index (χ4n) is 3.53. The molecule has 0 aliphatic carbocycles. The van der Waals surface area contributed by atoms with Crippen LogP contribution in [-0.2, 0) is 16.1 Å². The predicted octanol–water partition coefficient (Wildman–Crippen LogP) is 1.30. The molecular formula is C18H20N4O3. The van der Waals surface area contributed by atoms with E-state index in [1.165, 1.54) is 4.90 Å². The van der Waals surface area contributed by atoms with Crippen molar-refractivity contribution in [3.63, 3.8) is 0 Å². The molecule has 0 unspecified atom stereocenters. The highest BCUT2D eigenvalue weighted by Crippen LogP contribution is 2.31. The second-order valence-electron chi connectivity index (χ2n) is 6.35. The van der Waals surface area contributed by atoms with E-state index in [9.17, 15) is 9.59 Å². The number of likely N-dealkylation sites (tertiary alicyclic amines) is 1. The molecule has 2 amide bonds. The number of fused-ring (bicyclic) bond motifs is 1. The lowest BCUT2D eigenvalue weighted by atomic mass is 10.2. The van der Waals surface area contributed by atoms with E-state index in [2.05, 4.69) is 5.10 Å². The van der Waals surface area contributed by atoms with E-state index in [1.807, 2.05) is 46.1 Å². The molecule has 2 aliphatic rings. The monoisotopic (exact) mass is 340 g/mol. The SMILES string of the molecule is O=C1COc2ccccc2N1CC(=O)N1CCC[C@@H]1Cn1cccn1. The van der Waals surface area contributed by atoms with Crippen molar-refractivity contribution in [3.8, 4) is 5.75 Å². The van der Waals surface area contributed by atoms with Gasteiger partial charge in [0.1, 0.15) is 12.3 Å². The summed E-state index contributed by atoms with van der Waals surface area (Å²) in [7, 11) is 0. The first-order chi connectivity index (χ1) is 12.2. The van der Waals surface area contributed by atoms with Gasteiger partial charge in [0, 0.05) is 18.9 Å². The van der Waals surface area contributed by atoms with Crippen LogP contribution in [0.5, 0.6) is 5.75 Å². The molecule has 4 rings (SSSR count). The Morgan fingerprint density at radius 2 is 2.16 bits per heavy atom. The van der Waals surface area contributed by atoms with E-state index in [1.54, 1.807) is 6.20 Å². The normalized spacial score (nSPS) is 19.7. The Morgan fingerprint density at radius 3 is 3.00 bits per heavy atom. The molecule has 3 heterocycles. The zero-order valence-electron chi connectivity index (χ0n) is 13.9. The molecule has 0 spiro atoms. The minimum absolute atomic E-state index is 0.0268. The van der Waals surface area contributed by atoms with Crippen LogP contribution in [0, 0.1) is 0 Å². The van der Waals surface area contributed by atoms with Crippen molar-refractivity contribution in [2.24, 2.45) is 0 Å². The molecule has 25 heavy (non-hydrogen) atoms. The Kier molecular flexibility index (Phi) is 4.13. The second-order valence-corrected chi connectivity index (χ2v) is 6.35. The van der Waals surface area contributed by atoms with Gasteiger partial charge >= 0.3 is 0 Å². The van der Waals surface area contributed by atoms with Crippen molar-refractivity contribution < 1.29 is 14.3 Å². The summed E-state index contributed by atoms with van der Waals surface area (Å²) in [6.07, 6.45) is 5.58. The smallest absolute Gasteiger partial charge is 0.265 e. The Bertz CT molecular complexity index is 774. The number of nitrogens with zero attached hydrogens (tertiary/aromatic N) is 4. The van der Waals surface area contributed by atoms with Gasteiger partial charge in [-0.3, -0.25) is 19.2 Å². The summed E-state index contributed by atoms with van der Waals surface area (Å²) in [6.45, 7) is 1.44. The van der Waals surface area contributed by atoms with Crippen LogP contribution in [0.3, 0.4) is 0 Å². The Balaban J connectivity index is 1.48. The number of carbonyl (C=O) groups is 2. The maximum Gasteiger partial charge on any atom is 0.265 e. The van der Waals surface area contributed by atoms with Crippen LogP contribution in [0.4, 0.5) is 5.69 Å². The summed E-state index contributed by atoms with van der Waals surface area (Å²) in [5, 5.41) is 4.23. The summed E-state index contributed by atoms with van der Waals surface area (Å²) in [6, 6.07) is 9.33. The highest BCUT2D eigenvalue weighted by atomic mass is 16.5. The largest absolute Gasteiger partial charge is 0.482 e. The maximum atomic E-state index is 12.9. The summed E-state index contributed by atoms with van der Waals surface area (Å²) in [5.41, 5.74) is 0.662. The van der Waals surface area contributed by atoms with E-state index in [-0.39, 0.29) is 31.0 Å². The Morgan fingerprint density at radius 1 is 1.28 bits per heavy atom. The van der Waals surface area contributed by atoms with Crippen molar-refractivity contribution in [1.82, 2.24) is 14.7 Å².